The zero-order valence-corrected chi connectivity index (χ0v) is 20.6. The van der Waals surface area contributed by atoms with Gasteiger partial charge in [-0.05, 0) is 53.9 Å². The van der Waals surface area contributed by atoms with Gasteiger partial charge in [0.2, 0.25) is 12.4 Å². The average Bonchev–Trinajstić information content (AvgIpc) is 2.90. The maximum Gasteiger partial charge on any atom is 0.324 e. The number of halogens is 2. The van der Waals surface area contributed by atoms with Crippen LogP contribution < -0.4 is 15.6 Å². The van der Waals surface area contributed by atoms with Gasteiger partial charge in [-0.1, -0.05) is 19.1 Å². The summed E-state index contributed by atoms with van der Waals surface area (Å²) in [6.07, 6.45) is 2.16. The Morgan fingerprint density at radius 2 is 1.86 bits per heavy atom. The lowest BCUT2D eigenvalue weighted by atomic mass is 10.1. The molecular formula is C26H27F2N5O4. The molecule has 3 rings (SSSR count). The SMILES string of the molecule is CCc1cc(CN(C=O)C(=Nc2ccc(OC)cc2)NC(=O)N(C)Cc2ccc[nH]c2=O)cc(F)c1F. The second kappa shape index (κ2) is 12.4. The fraction of sp³-hybridized carbons (Fsp3) is 0.231. The van der Waals surface area contributed by atoms with Crippen LogP contribution in [0.3, 0.4) is 0 Å². The number of carbonyl (C=O) groups excluding carboxylic acids is 2. The summed E-state index contributed by atoms with van der Waals surface area (Å²) in [5.41, 5.74) is 0.878. The number of ether oxygens (including phenoxy) is 1. The molecule has 0 aliphatic carbocycles. The van der Waals surface area contributed by atoms with Crippen molar-refractivity contribution in [3.05, 3.63) is 93.4 Å². The minimum Gasteiger partial charge on any atom is -0.497 e. The maximum atomic E-state index is 14.1. The van der Waals surface area contributed by atoms with Crippen molar-refractivity contribution in [1.82, 2.24) is 20.1 Å². The Morgan fingerprint density at radius 3 is 2.49 bits per heavy atom. The topological polar surface area (TPSA) is 107 Å². The number of hydrogen-bond donors (Lipinski definition) is 2. The number of aromatic nitrogens is 1. The van der Waals surface area contributed by atoms with Gasteiger partial charge in [0.25, 0.3) is 5.56 Å². The van der Waals surface area contributed by atoms with Crippen LogP contribution in [-0.4, -0.2) is 47.3 Å². The summed E-state index contributed by atoms with van der Waals surface area (Å²) in [6, 6.07) is 11.6. The Labute approximate surface area is 212 Å². The highest BCUT2D eigenvalue weighted by molar-refractivity contribution is 6.01. The first-order chi connectivity index (χ1) is 17.7. The number of carbonyl (C=O) groups is 2. The van der Waals surface area contributed by atoms with Crippen LogP contribution in [0.15, 0.2) is 64.5 Å². The van der Waals surface area contributed by atoms with Crippen molar-refractivity contribution in [2.75, 3.05) is 14.2 Å². The van der Waals surface area contributed by atoms with E-state index in [1.165, 1.54) is 31.3 Å². The Balaban J connectivity index is 1.92. The van der Waals surface area contributed by atoms with E-state index in [0.717, 1.165) is 11.0 Å². The predicted molar refractivity (Wildman–Crippen MR) is 134 cm³/mol. The molecule has 0 bridgehead atoms. The van der Waals surface area contributed by atoms with Crippen LogP contribution in [0.4, 0.5) is 19.3 Å². The van der Waals surface area contributed by atoms with Gasteiger partial charge in [0.15, 0.2) is 11.6 Å². The minimum atomic E-state index is -1.04. The standard InChI is InChI=1S/C26H27F2N5O4/c1-4-18-12-17(13-22(27)23(18)28)14-33(16-34)25(30-20-7-9-21(37-3)10-8-20)31-26(36)32(2)15-19-6-5-11-29-24(19)35/h5-13,16H,4,14-15H2,1-3H3,(H,29,35)(H,30,31,36). The molecule has 0 saturated heterocycles. The Bertz CT molecular complexity index is 1340. The zero-order chi connectivity index (χ0) is 26.9. The van der Waals surface area contributed by atoms with Crippen LogP contribution in [0.1, 0.15) is 23.6 Å². The number of nitrogens with zero attached hydrogens (tertiary/aromatic N) is 3. The van der Waals surface area contributed by atoms with Gasteiger partial charge in [-0.25, -0.2) is 18.6 Å². The molecule has 1 aromatic heterocycles. The van der Waals surface area contributed by atoms with E-state index in [1.54, 1.807) is 43.3 Å². The van der Waals surface area contributed by atoms with Crippen molar-refractivity contribution < 1.29 is 23.1 Å². The Hall–Kier alpha value is -4.54. The second-order valence-corrected chi connectivity index (χ2v) is 8.08. The Morgan fingerprint density at radius 1 is 1.14 bits per heavy atom. The zero-order valence-electron chi connectivity index (χ0n) is 20.6. The first-order valence-electron chi connectivity index (χ1n) is 11.4. The van der Waals surface area contributed by atoms with Crippen LogP contribution >= 0.6 is 0 Å². The monoisotopic (exact) mass is 511 g/mol. The lowest BCUT2D eigenvalue weighted by Gasteiger charge is -2.24. The van der Waals surface area contributed by atoms with Crippen molar-refractivity contribution in [3.63, 3.8) is 0 Å². The fourth-order valence-electron chi connectivity index (χ4n) is 3.46. The highest BCUT2D eigenvalue weighted by Crippen LogP contribution is 2.20. The van der Waals surface area contributed by atoms with Crippen LogP contribution in [0.5, 0.6) is 5.75 Å². The summed E-state index contributed by atoms with van der Waals surface area (Å²) < 4.78 is 33.3. The summed E-state index contributed by atoms with van der Waals surface area (Å²) in [4.78, 5) is 46.3. The number of methoxy groups -OCH3 is 1. The van der Waals surface area contributed by atoms with Gasteiger partial charge < -0.3 is 14.6 Å². The molecule has 1 heterocycles. The van der Waals surface area contributed by atoms with E-state index >= 15 is 0 Å². The van der Waals surface area contributed by atoms with E-state index in [4.69, 9.17) is 4.74 Å². The number of rotatable bonds is 8. The molecule has 0 fully saturated rings. The van der Waals surface area contributed by atoms with Crippen LogP contribution in [0.2, 0.25) is 0 Å². The molecule has 11 heteroatoms. The van der Waals surface area contributed by atoms with Gasteiger partial charge in [-0.2, -0.15) is 0 Å². The number of guanidine groups is 1. The van der Waals surface area contributed by atoms with Gasteiger partial charge >= 0.3 is 6.03 Å². The van der Waals surface area contributed by atoms with E-state index in [-0.39, 0.29) is 36.6 Å². The quantitative estimate of drug-likeness (QED) is 0.273. The van der Waals surface area contributed by atoms with E-state index in [2.05, 4.69) is 15.3 Å². The van der Waals surface area contributed by atoms with Gasteiger partial charge in [0.1, 0.15) is 5.75 Å². The molecule has 0 unspecified atom stereocenters. The maximum absolute atomic E-state index is 14.1. The molecular weight excluding hydrogens is 484 g/mol. The highest BCUT2D eigenvalue weighted by atomic mass is 19.2. The van der Waals surface area contributed by atoms with Gasteiger partial charge in [-0.3, -0.25) is 19.8 Å². The fourth-order valence-corrected chi connectivity index (χ4v) is 3.46. The summed E-state index contributed by atoms with van der Waals surface area (Å²) in [5.74, 6) is -1.55. The van der Waals surface area contributed by atoms with Crippen molar-refractivity contribution in [3.8, 4) is 5.75 Å². The Kier molecular flexibility index (Phi) is 9.09. The van der Waals surface area contributed by atoms with E-state index in [9.17, 15) is 23.2 Å². The highest BCUT2D eigenvalue weighted by Gasteiger charge is 2.20. The van der Waals surface area contributed by atoms with Crippen molar-refractivity contribution in [2.45, 2.75) is 26.4 Å². The third-order valence-electron chi connectivity index (χ3n) is 5.48. The molecule has 0 atom stereocenters. The molecule has 0 spiro atoms. The normalized spacial score (nSPS) is 11.1. The largest absolute Gasteiger partial charge is 0.497 e. The molecule has 194 valence electrons. The lowest BCUT2D eigenvalue weighted by molar-refractivity contribution is -0.115. The smallest absolute Gasteiger partial charge is 0.324 e. The van der Waals surface area contributed by atoms with Crippen LogP contribution in [0.25, 0.3) is 0 Å². The van der Waals surface area contributed by atoms with Crippen molar-refractivity contribution >= 4 is 24.1 Å². The lowest BCUT2D eigenvalue weighted by Crippen LogP contribution is -2.47. The van der Waals surface area contributed by atoms with E-state index < -0.39 is 17.7 Å². The van der Waals surface area contributed by atoms with E-state index in [1.807, 2.05) is 0 Å². The number of aryl methyl sites for hydroxylation is 1. The number of hydrogen-bond acceptors (Lipinski definition) is 5. The molecule has 2 N–H and O–H groups in total. The molecule has 2 aromatic carbocycles. The first-order valence-corrected chi connectivity index (χ1v) is 11.4. The van der Waals surface area contributed by atoms with Gasteiger partial charge in [-0.15, -0.1) is 0 Å². The summed E-state index contributed by atoms with van der Waals surface area (Å²) >= 11 is 0. The molecule has 0 aliphatic heterocycles. The number of pyridine rings is 1. The molecule has 0 aliphatic rings. The number of amides is 3. The van der Waals surface area contributed by atoms with E-state index in [0.29, 0.717) is 29.0 Å². The second-order valence-electron chi connectivity index (χ2n) is 8.08. The molecule has 0 saturated carbocycles. The molecule has 37 heavy (non-hydrogen) atoms. The number of urea groups is 1. The van der Waals surface area contributed by atoms with Gasteiger partial charge in [0, 0.05) is 18.8 Å². The molecule has 0 radical (unpaired) electrons. The summed E-state index contributed by atoms with van der Waals surface area (Å²) in [6.45, 7) is 1.48. The number of aromatic amines is 1. The number of aliphatic imine (C=N–C) groups is 1. The molecule has 3 amide bonds. The predicted octanol–water partition coefficient (Wildman–Crippen LogP) is 3.71. The molecule has 3 aromatic rings. The summed E-state index contributed by atoms with van der Waals surface area (Å²) in [7, 11) is 2.99. The first kappa shape index (κ1) is 27.1. The van der Waals surface area contributed by atoms with Crippen molar-refractivity contribution in [2.24, 2.45) is 4.99 Å². The third-order valence-corrected chi connectivity index (χ3v) is 5.48. The number of H-pyrrole nitrogens is 1. The third kappa shape index (κ3) is 7.00. The number of nitrogens with one attached hydrogen (secondary N) is 2. The van der Waals surface area contributed by atoms with Gasteiger partial charge in [0.05, 0.1) is 25.9 Å². The van der Waals surface area contributed by atoms with Crippen LogP contribution in [-0.2, 0) is 24.3 Å². The number of benzene rings is 2. The molecule has 9 nitrogen and oxygen atoms in total. The van der Waals surface area contributed by atoms with Crippen LogP contribution in [0, 0.1) is 11.6 Å². The minimum absolute atomic E-state index is 0.0120. The van der Waals surface area contributed by atoms with Crippen molar-refractivity contribution in [1.29, 1.82) is 0 Å². The average molecular weight is 512 g/mol. The summed E-state index contributed by atoms with van der Waals surface area (Å²) in [5, 5.41) is 2.58.